The molecule has 2 rings (SSSR count). The Morgan fingerprint density at radius 2 is 2.10 bits per heavy atom. The SMILES string of the molecule is CC1(C)CCCC1C(=O)Nc1c(Cl)cccc1C(=O)O. The molecule has 1 amide bonds. The maximum atomic E-state index is 12.4. The maximum absolute atomic E-state index is 12.4. The summed E-state index contributed by atoms with van der Waals surface area (Å²) in [6.07, 6.45) is 2.84. The number of benzene rings is 1. The molecule has 0 aliphatic heterocycles. The zero-order valence-corrected chi connectivity index (χ0v) is 12.3. The number of nitrogens with one attached hydrogen (secondary N) is 1. The highest BCUT2D eigenvalue weighted by molar-refractivity contribution is 6.34. The molecule has 0 aromatic heterocycles. The van der Waals surface area contributed by atoms with Crippen LogP contribution in [0.1, 0.15) is 43.5 Å². The van der Waals surface area contributed by atoms with Crippen molar-refractivity contribution in [1.29, 1.82) is 0 Å². The van der Waals surface area contributed by atoms with Crippen LogP contribution >= 0.6 is 11.6 Å². The first kappa shape index (κ1) is 14.9. The number of carboxylic acid groups (broad SMARTS) is 1. The fourth-order valence-corrected chi connectivity index (χ4v) is 3.07. The summed E-state index contributed by atoms with van der Waals surface area (Å²) in [6.45, 7) is 4.13. The molecule has 0 radical (unpaired) electrons. The van der Waals surface area contributed by atoms with E-state index in [2.05, 4.69) is 19.2 Å². The summed E-state index contributed by atoms with van der Waals surface area (Å²) in [4.78, 5) is 23.6. The fraction of sp³-hybridized carbons (Fsp3) is 0.467. The third-order valence-corrected chi connectivity index (χ3v) is 4.38. The largest absolute Gasteiger partial charge is 0.478 e. The van der Waals surface area contributed by atoms with Gasteiger partial charge in [-0.05, 0) is 30.4 Å². The molecule has 0 bridgehead atoms. The Balaban J connectivity index is 2.26. The number of carboxylic acids is 1. The summed E-state index contributed by atoms with van der Waals surface area (Å²) >= 11 is 6.02. The molecule has 20 heavy (non-hydrogen) atoms. The molecule has 1 fully saturated rings. The highest BCUT2D eigenvalue weighted by Gasteiger charge is 2.39. The van der Waals surface area contributed by atoms with Gasteiger partial charge in [-0.1, -0.05) is 37.9 Å². The molecule has 0 saturated heterocycles. The molecule has 5 heteroatoms. The fourth-order valence-electron chi connectivity index (χ4n) is 2.85. The Morgan fingerprint density at radius 3 is 2.65 bits per heavy atom. The van der Waals surface area contributed by atoms with Gasteiger partial charge in [0.2, 0.25) is 5.91 Å². The van der Waals surface area contributed by atoms with Gasteiger partial charge in [-0.15, -0.1) is 0 Å². The van der Waals surface area contributed by atoms with Gasteiger partial charge in [0.15, 0.2) is 0 Å². The topological polar surface area (TPSA) is 66.4 Å². The van der Waals surface area contributed by atoms with Crippen molar-refractivity contribution in [2.75, 3.05) is 5.32 Å². The summed E-state index contributed by atoms with van der Waals surface area (Å²) in [5, 5.41) is 12.1. The lowest BCUT2D eigenvalue weighted by atomic mass is 9.81. The minimum atomic E-state index is -1.10. The molecule has 1 aromatic carbocycles. The molecule has 1 aliphatic rings. The van der Waals surface area contributed by atoms with Gasteiger partial charge in [0.25, 0.3) is 0 Å². The van der Waals surface area contributed by atoms with E-state index in [1.165, 1.54) is 6.07 Å². The third kappa shape index (κ3) is 2.80. The number of hydrogen-bond acceptors (Lipinski definition) is 2. The summed E-state index contributed by atoms with van der Waals surface area (Å²) in [5.74, 6) is -1.36. The van der Waals surface area contributed by atoms with Crippen molar-refractivity contribution < 1.29 is 14.7 Å². The number of halogens is 1. The lowest BCUT2D eigenvalue weighted by molar-refractivity contribution is -0.122. The van der Waals surface area contributed by atoms with E-state index in [4.69, 9.17) is 16.7 Å². The molecule has 0 spiro atoms. The minimum Gasteiger partial charge on any atom is -0.478 e. The molecule has 1 atom stereocenters. The maximum Gasteiger partial charge on any atom is 0.337 e. The molecule has 2 N–H and O–H groups in total. The van der Waals surface area contributed by atoms with Crippen molar-refractivity contribution in [1.82, 2.24) is 0 Å². The van der Waals surface area contributed by atoms with Gasteiger partial charge in [-0.3, -0.25) is 4.79 Å². The van der Waals surface area contributed by atoms with Crippen LogP contribution in [-0.2, 0) is 4.79 Å². The first-order chi connectivity index (χ1) is 9.33. The van der Waals surface area contributed by atoms with E-state index in [1.54, 1.807) is 12.1 Å². The number of aromatic carboxylic acids is 1. The van der Waals surface area contributed by atoms with E-state index < -0.39 is 5.97 Å². The highest BCUT2D eigenvalue weighted by atomic mass is 35.5. The predicted molar refractivity (Wildman–Crippen MR) is 78.2 cm³/mol. The van der Waals surface area contributed by atoms with Crippen molar-refractivity contribution in [3.8, 4) is 0 Å². The second kappa shape index (κ2) is 5.44. The van der Waals surface area contributed by atoms with Crippen molar-refractivity contribution in [3.05, 3.63) is 28.8 Å². The van der Waals surface area contributed by atoms with Crippen LogP contribution in [0.3, 0.4) is 0 Å². The van der Waals surface area contributed by atoms with Gasteiger partial charge in [0.1, 0.15) is 0 Å². The lowest BCUT2D eigenvalue weighted by Gasteiger charge is -2.26. The van der Waals surface area contributed by atoms with Crippen LogP contribution in [0.5, 0.6) is 0 Å². The smallest absolute Gasteiger partial charge is 0.337 e. The first-order valence-corrected chi connectivity index (χ1v) is 7.03. The van der Waals surface area contributed by atoms with E-state index in [-0.39, 0.29) is 33.5 Å². The Bertz CT molecular complexity index is 554. The lowest BCUT2D eigenvalue weighted by Crippen LogP contribution is -2.31. The number of carbonyl (C=O) groups excluding carboxylic acids is 1. The third-order valence-electron chi connectivity index (χ3n) is 4.07. The van der Waals surface area contributed by atoms with Gasteiger partial charge in [0, 0.05) is 5.92 Å². The second-order valence-electron chi connectivity index (χ2n) is 5.89. The van der Waals surface area contributed by atoms with Crippen molar-refractivity contribution in [3.63, 3.8) is 0 Å². The van der Waals surface area contributed by atoms with Crippen LogP contribution in [0.4, 0.5) is 5.69 Å². The van der Waals surface area contributed by atoms with Crippen LogP contribution in [0, 0.1) is 11.3 Å². The molecule has 0 heterocycles. The Labute approximate surface area is 123 Å². The van der Waals surface area contributed by atoms with E-state index >= 15 is 0 Å². The van der Waals surface area contributed by atoms with Crippen LogP contribution in [-0.4, -0.2) is 17.0 Å². The van der Waals surface area contributed by atoms with Gasteiger partial charge in [0.05, 0.1) is 16.3 Å². The number of amides is 1. The standard InChI is InChI=1S/C15H18ClNO3/c1-15(2)8-4-6-10(15)13(18)17-12-9(14(19)20)5-3-7-11(12)16/h3,5,7,10H,4,6,8H2,1-2H3,(H,17,18)(H,19,20). The molecule has 1 unspecified atom stereocenters. The summed E-state index contributed by atoms with van der Waals surface area (Å²) < 4.78 is 0. The van der Waals surface area contributed by atoms with Crippen molar-refractivity contribution in [2.24, 2.45) is 11.3 Å². The van der Waals surface area contributed by atoms with Crippen LogP contribution in [0.2, 0.25) is 5.02 Å². The van der Waals surface area contributed by atoms with Crippen LogP contribution < -0.4 is 5.32 Å². The molecule has 108 valence electrons. The van der Waals surface area contributed by atoms with Crippen LogP contribution in [0.15, 0.2) is 18.2 Å². The number of hydrogen-bond donors (Lipinski definition) is 2. The van der Waals surface area contributed by atoms with Gasteiger partial charge in [-0.2, -0.15) is 0 Å². The van der Waals surface area contributed by atoms with E-state index in [9.17, 15) is 9.59 Å². The summed E-state index contributed by atoms with van der Waals surface area (Å²) in [7, 11) is 0. The van der Waals surface area contributed by atoms with E-state index in [0.717, 1.165) is 19.3 Å². The van der Waals surface area contributed by atoms with Gasteiger partial charge >= 0.3 is 5.97 Å². The number of carbonyl (C=O) groups is 2. The molecular formula is C15H18ClNO3. The molecular weight excluding hydrogens is 278 g/mol. The quantitative estimate of drug-likeness (QED) is 0.891. The van der Waals surface area contributed by atoms with Crippen molar-refractivity contribution in [2.45, 2.75) is 33.1 Å². The first-order valence-electron chi connectivity index (χ1n) is 6.65. The monoisotopic (exact) mass is 295 g/mol. The average Bonchev–Trinajstić information content (AvgIpc) is 2.71. The Kier molecular flexibility index (Phi) is 4.04. The van der Waals surface area contributed by atoms with E-state index in [1.807, 2.05) is 0 Å². The Morgan fingerprint density at radius 1 is 1.40 bits per heavy atom. The average molecular weight is 296 g/mol. The summed E-state index contributed by atoms with van der Waals surface area (Å²) in [6, 6.07) is 4.56. The molecule has 1 aromatic rings. The zero-order chi connectivity index (χ0) is 14.9. The second-order valence-corrected chi connectivity index (χ2v) is 6.30. The molecule has 1 saturated carbocycles. The summed E-state index contributed by atoms with van der Waals surface area (Å²) in [5.41, 5.74) is 0.144. The predicted octanol–water partition coefficient (Wildman–Crippen LogP) is 3.80. The minimum absolute atomic E-state index is 0.0154. The van der Waals surface area contributed by atoms with Crippen molar-refractivity contribution >= 4 is 29.2 Å². The normalized spacial score (nSPS) is 20.6. The Hall–Kier alpha value is -1.55. The number of anilines is 1. The van der Waals surface area contributed by atoms with Gasteiger partial charge in [-0.25, -0.2) is 4.79 Å². The van der Waals surface area contributed by atoms with E-state index in [0.29, 0.717) is 0 Å². The molecule has 4 nitrogen and oxygen atoms in total. The number of rotatable bonds is 3. The zero-order valence-electron chi connectivity index (χ0n) is 11.6. The van der Waals surface area contributed by atoms with Gasteiger partial charge < -0.3 is 10.4 Å². The number of para-hydroxylation sites is 1. The molecule has 1 aliphatic carbocycles. The van der Waals surface area contributed by atoms with Crippen LogP contribution in [0.25, 0.3) is 0 Å². The highest BCUT2D eigenvalue weighted by Crippen LogP contribution is 2.43.